The first-order valence-electron chi connectivity index (χ1n) is 5.35. The molecule has 0 aliphatic rings. The Balaban J connectivity index is 2.10. The molecule has 1 heterocycles. The van der Waals surface area contributed by atoms with Crippen LogP contribution in [-0.2, 0) is 0 Å². The van der Waals surface area contributed by atoms with Gasteiger partial charge in [-0.3, -0.25) is 9.89 Å². The Morgan fingerprint density at radius 1 is 1.44 bits per heavy atom. The Labute approximate surface area is 103 Å². The van der Waals surface area contributed by atoms with Crippen LogP contribution in [-0.4, -0.2) is 32.8 Å². The van der Waals surface area contributed by atoms with Crippen LogP contribution in [0.1, 0.15) is 22.2 Å². The van der Waals surface area contributed by atoms with E-state index in [1.807, 2.05) is 30.3 Å². The van der Waals surface area contributed by atoms with Gasteiger partial charge in [0, 0.05) is 0 Å². The number of hydrogen-bond acceptors (Lipinski definition) is 5. The number of aromatic nitrogens is 3. The third kappa shape index (κ3) is 2.64. The van der Waals surface area contributed by atoms with Crippen molar-refractivity contribution in [3.8, 4) is 0 Å². The molecule has 2 rings (SSSR count). The first-order chi connectivity index (χ1) is 8.70. The summed E-state index contributed by atoms with van der Waals surface area (Å²) in [4.78, 5) is 15.5. The smallest absolute Gasteiger partial charge is 0.289 e. The van der Waals surface area contributed by atoms with Gasteiger partial charge in [0.15, 0.2) is 0 Å². The van der Waals surface area contributed by atoms with Crippen LogP contribution in [0, 0.1) is 0 Å². The van der Waals surface area contributed by atoms with Gasteiger partial charge in [0.05, 0.1) is 12.6 Å². The van der Waals surface area contributed by atoms with E-state index in [9.17, 15) is 9.90 Å². The average molecular weight is 247 g/mol. The number of aliphatic hydroxyl groups is 1. The molecular weight excluding hydrogens is 234 g/mol. The van der Waals surface area contributed by atoms with Gasteiger partial charge >= 0.3 is 0 Å². The number of rotatable bonds is 4. The normalized spacial score (nSPS) is 12.1. The first kappa shape index (κ1) is 12.1. The predicted molar refractivity (Wildman–Crippen MR) is 64.5 cm³/mol. The molecule has 0 saturated carbocycles. The van der Waals surface area contributed by atoms with Crippen LogP contribution in [0.3, 0.4) is 0 Å². The highest BCUT2D eigenvalue weighted by Gasteiger charge is 2.17. The van der Waals surface area contributed by atoms with Crippen LogP contribution < -0.4 is 11.1 Å². The Morgan fingerprint density at radius 3 is 2.72 bits per heavy atom. The van der Waals surface area contributed by atoms with E-state index in [0.717, 1.165) is 5.56 Å². The molecule has 0 spiro atoms. The highest BCUT2D eigenvalue weighted by Crippen LogP contribution is 2.12. The maximum Gasteiger partial charge on any atom is 0.289 e. The van der Waals surface area contributed by atoms with Crippen LogP contribution in [0.2, 0.25) is 0 Å². The van der Waals surface area contributed by atoms with Crippen molar-refractivity contribution in [2.75, 3.05) is 12.3 Å². The Bertz CT molecular complexity index is 525. The third-order valence-corrected chi connectivity index (χ3v) is 2.41. The van der Waals surface area contributed by atoms with Gasteiger partial charge < -0.3 is 16.2 Å². The second-order valence-electron chi connectivity index (χ2n) is 3.66. The number of hydrogen-bond donors (Lipinski definition) is 4. The van der Waals surface area contributed by atoms with Gasteiger partial charge in [0.2, 0.25) is 11.8 Å². The number of aromatic amines is 1. The summed E-state index contributed by atoms with van der Waals surface area (Å²) < 4.78 is 0. The second kappa shape index (κ2) is 5.28. The largest absolute Gasteiger partial charge is 0.394 e. The zero-order valence-electron chi connectivity index (χ0n) is 9.50. The van der Waals surface area contributed by atoms with E-state index in [1.165, 1.54) is 0 Å². The molecule has 2 aromatic rings. The molecule has 7 heteroatoms. The Hall–Kier alpha value is -2.41. The number of H-pyrrole nitrogens is 1. The summed E-state index contributed by atoms with van der Waals surface area (Å²) in [6.45, 7) is -0.209. The van der Waals surface area contributed by atoms with Crippen molar-refractivity contribution in [2.45, 2.75) is 6.04 Å². The quantitative estimate of drug-likeness (QED) is 0.599. The van der Waals surface area contributed by atoms with E-state index >= 15 is 0 Å². The number of carbonyl (C=O) groups is 1. The molecule has 0 bridgehead atoms. The topological polar surface area (TPSA) is 117 Å². The van der Waals surface area contributed by atoms with Gasteiger partial charge in [0.1, 0.15) is 0 Å². The molecule has 1 amide bonds. The number of anilines is 1. The molecule has 0 aliphatic heterocycles. The minimum atomic E-state index is -0.495. The van der Waals surface area contributed by atoms with E-state index in [1.54, 1.807) is 0 Å². The molecule has 0 saturated heterocycles. The van der Waals surface area contributed by atoms with E-state index in [0.29, 0.717) is 0 Å². The van der Waals surface area contributed by atoms with Crippen LogP contribution in [0.4, 0.5) is 5.95 Å². The van der Waals surface area contributed by atoms with Crippen molar-refractivity contribution in [2.24, 2.45) is 0 Å². The predicted octanol–water partition coefficient (Wildman–Crippen LogP) is -0.150. The standard InChI is InChI=1S/C11H13N5O2/c12-11-14-9(15-16-11)10(18)13-8(6-17)7-4-2-1-3-5-7/h1-5,8,17H,6H2,(H,13,18)(H3,12,14,15,16). The SMILES string of the molecule is Nc1n[nH]c(C(=O)NC(CO)c2ccccc2)n1. The third-order valence-electron chi connectivity index (χ3n) is 2.41. The lowest BCUT2D eigenvalue weighted by Crippen LogP contribution is -2.31. The number of aliphatic hydroxyl groups excluding tert-OH is 1. The van der Waals surface area contributed by atoms with Gasteiger partial charge in [0.25, 0.3) is 5.91 Å². The van der Waals surface area contributed by atoms with Crippen molar-refractivity contribution < 1.29 is 9.90 Å². The number of nitrogen functional groups attached to an aromatic ring is 1. The monoisotopic (exact) mass is 247 g/mol. The van der Waals surface area contributed by atoms with Crippen molar-refractivity contribution in [3.63, 3.8) is 0 Å². The van der Waals surface area contributed by atoms with Gasteiger partial charge in [-0.1, -0.05) is 30.3 Å². The van der Waals surface area contributed by atoms with Crippen molar-refractivity contribution >= 4 is 11.9 Å². The minimum absolute atomic E-state index is 0.000379. The number of carbonyl (C=O) groups excluding carboxylic acids is 1. The fourth-order valence-electron chi connectivity index (χ4n) is 1.52. The number of nitrogens with two attached hydrogens (primary N) is 1. The van der Waals surface area contributed by atoms with E-state index < -0.39 is 11.9 Å². The van der Waals surface area contributed by atoms with Crippen molar-refractivity contribution in [3.05, 3.63) is 41.7 Å². The van der Waals surface area contributed by atoms with Crippen LogP contribution >= 0.6 is 0 Å². The summed E-state index contributed by atoms with van der Waals surface area (Å²) >= 11 is 0. The number of nitrogens with zero attached hydrogens (tertiary/aromatic N) is 2. The molecule has 1 aromatic carbocycles. The molecule has 1 atom stereocenters. The zero-order valence-corrected chi connectivity index (χ0v) is 9.50. The summed E-state index contributed by atoms with van der Waals surface area (Å²) in [5.41, 5.74) is 6.11. The van der Waals surface area contributed by atoms with Gasteiger partial charge in [-0.05, 0) is 5.56 Å². The lowest BCUT2D eigenvalue weighted by molar-refractivity contribution is 0.0906. The van der Waals surface area contributed by atoms with E-state index in [2.05, 4.69) is 20.5 Å². The van der Waals surface area contributed by atoms with E-state index in [-0.39, 0.29) is 18.4 Å². The molecule has 1 aromatic heterocycles. The second-order valence-corrected chi connectivity index (χ2v) is 3.66. The summed E-state index contributed by atoms with van der Waals surface area (Å²) in [6, 6.07) is 8.65. The number of nitrogens with one attached hydrogen (secondary N) is 2. The van der Waals surface area contributed by atoms with Crippen LogP contribution in [0.15, 0.2) is 30.3 Å². The molecule has 18 heavy (non-hydrogen) atoms. The summed E-state index contributed by atoms with van der Waals surface area (Å²) in [7, 11) is 0. The van der Waals surface area contributed by atoms with Crippen LogP contribution in [0.5, 0.6) is 0 Å². The molecule has 5 N–H and O–H groups in total. The summed E-state index contributed by atoms with van der Waals surface area (Å²) in [5, 5.41) is 17.9. The molecular formula is C11H13N5O2. The fourth-order valence-corrected chi connectivity index (χ4v) is 1.52. The van der Waals surface area contributed by atoms with Crippen molar-refractivity contribution in [1.82, 2.24) is 20.5 Å². The maximum absolute atomic E-state index is 11.8. The molecule has 1 unspecified atom stereocenters. The Kier molecular flexibility index (Phi) is 3.54. The molecule has 7 nitrogen and oxygen atoms in total. The first-order valence-corrected chi connectivity index (χ1v) is 5.35. The number of amides is 1. The lowest BCUT2D eigenvalue weighted by atomic mass is 10.1. The minimum Gasteiger partial charge on any atom is -0.394 e. The fraction of sp³-hybridized carbons (Fsp3) is 0.182. The van der Waals surface area contributed by atoms with Gasteiger partial charge in [-0.15, -0.1) is 5.10 Å². The van der Waals surface area contributed by atoms with Crippen LogP contribution in [0.25, 0.3) is 0 Å². The lowest BCUT2D eigenvalue weighted by Gasteiger charge is -2.15. The Morgan fingerprint density at radius 2 is 2.17 bits per heavy atom. The van der Waals surface area contributed by atoms with E-state index in [4.69, 9.17) is 5.73 Å². The van der Waals surface area contributed by atoms with Gasteiger partial charge in [-0.25, -0.2) is 0 Å². The summed E-state index contributed by atoms with van der Waals surface area (Å²) in [6.07, 6.45) is 0. The highest BCUT2D eigenvalue weighted by atomic mass is 16.3. The zero-order chi connectivity index (χ0) is 13.0. The molecule has 0 aliphatic carbocycles. The average Bonchev–Trinajstić information content (AvgIpc) is 2.83. The van der Waals surface area contributed by atoms with Gasteiger partial charge in [-0.2, -0.15) is 4.98 Å². The van der Waals surface area contributed by atoms with Crippen molar-refractivity contribution in [1.29, 1.82) is 0 Å². The number of benzene rings is 1. The molecule has 94 valence electrons. The molecule has 0 fully saturated rings. The maximum atomic E-state index is 11.8. The molecule has 0 radical (unpaired) electrons. The summed E-state index contributed by atoms with van der Waals surface area (Å²) in [5.74, 6) is -0.454. The highest BCUT2D eigenvalue weighted by molar-refractivity contribution is 5.90.